The number of anilines is 2. The number of rotatable bonds is 5. The number of nitrogens with zero attached hydrogens (tertiary/aromatic N) is 1. The Balaban J connectivity index is 1.86. The van der Waals surface area contributed by atoms with Gasteiger partial charge in [0, 0.05) is 21.4 Å². The average Bonchev–Trinajstić information content (AvgIpc) is 2.73. The second-order valence-corrected chi connectivity index (χ2v) is 7.69. The number of hydrogen-bond acceptors (Lipinski definition) is 3. The van der Waals surface area contributed by atoms with Crippen LogP contribution in [-0.4, -0.2) is 12.5 Å². The number of halogens is 2. The van der Waals surface area contributed by atoms with Crippen molar-refractivity contribution in [3.05, 3.63) is 88.1 Å². The van der Waals surface area contributed by atoms with Gasteiger partial charge in [0.05, 0.1) is 12.2 Å². The average molecular weight is 455 g/mol. The molecule has 1 aliphatic rings. The van der Waals surface area contributed by atoms with E-state index in [2.05, 4.69) is 21.2 Å². The first-order valence-electron chi connectivity index (χ1n) is 9.45. The van der Waals surface area contributed by atoms with Crippen molar-refractivity contribution >= 4 is 33.2 Å². The molecule has 0 saturated carbocycles. The van der Waals surface area contributed by atoms with Gasteiger partial charge in [-0.1, -0.05) is 47.1 Å². The van der Waals surface area contributed by atoms with Crippen LogP contribution in [0.1, 0.15) is 35.4 Å². The lowest BCUT2D eigenvalue weighted by Gasteiger charge is -2.38. The molecule has 0 aromatic heterocycles. The Bertz CT molecular complexity index is 1060. The molecule has 4 nitrogen and oxygen atoms in total. The Morgan fingerprint density at radius 3 is 2.72 bits per heavy atom. The number of hydrogen-bond donors (Lipinski definition) is 1. The second-order valence-electron chi connectivity index (χ2n) is 6.78. The van der Waals surface area contributed by atoms with Crippen molar-refractivity contribution < 1.29 is 13.9 Å². The minimum absolute atomic E-state index is 0.207. The Kier molecular flexibility index (Phi) is 5.53. The molecule has 1 N–H and O–H groups in total. The van der Waals surface area contributed by atoms with Gasteiger partial charge in [-0.3, -0.25) is 9.69 Å². The lowest BCUT2D eigenvalue weighted by Crippen LogP contribution is -2.43. The first-order chi connectivity index (χ1) is 14.1. The fourth-order valence-electron chi connectivity index (χ4n) is 3.44. The molecule has 0 aliphatic carbocycles. The molecule has 0 bridgehead atoms. The van der Waals surface area contributed by atoms with E-state index in [9.17, 15) is 9.18 Å². The predicted molar refractivity (Wildman–Crippen MR) is 116 cm³/mol. The highest BCUT2D eigenvalue weighted by atomic mass is 79.9. The van der Waals surface area contributed by atoms with E-state index >= 15 is 0 Å². The lowest BCUT2D eigenvalue weighted by molar-refractivity contribution is 0.0974. The molecule has 29 heavy (non-hydrogen) atoms. The van der Waals surface area contributed by atoms with E-state index in [0.29, 0.717) is 23.6 Å². The highest BCUT2D eigenvalue weighted by Crippen LogP contribution is 2.40. The summed E-state index contributed by atoms with van der Waals surface area (Å²) < 4.78 is 20.7. The van der Waals surface area contributed by atoms with E-state index in [1.807, 2.05) is 43.3 Å². The summed E-state index contributed by atoms with van der Waals surface area (Å²) in [6, 6.07) is 19.2. The summed E-state index contributed by atoms with van der Waals surface area (Å²) in [5.41, 5.74) is 2.53. The van der Waals surface area contributed by atoms with Crippen molar-refractivity contribution in [2.75, 3.05) is 16.8 Å². The quantitative estimate of drug-likeness (QED) is 0.502. The summed E-state index contributed by atoms with van der Waals surface area (Å²) in [6.45, 7) is 2.61. The van der Waals surface area contributed by atoms with Crippen molar-refractivity contribution in [1.82, 2.24) is 0 Å². The van der Waals surface area contributed by atoms with Crippen LogP contribution >= 0.6 is 15.9 Å². The van der Waals surface area contributed by atoms with Gasteiger partial charge >= 0.3 is 0 Å². The number of benzene rings is 3. The molecule has 1 atom stereocenters. The standard InChI is InChI=1S/C23H20BrFN2O2/c1-2-12-29-21-9-4-3-8-18(21)22-26-20-11-10-15(24)13-19(20)23(28)27(22)17-7-5-6-16(25)14-17/h3-11,13-14,22,26H,2,12H2,1H3/t22-/m1/s1. The molecule has 0 fully saturated rings. The number of carbonyl (C=O) groups excluding carboxylic acids is 1. The predicted octanol–water partition coefficient (Wildman–Crippen LogP) is 6.15. The fraction of sp³-hybridized carbons (Fsp3) is 0.174. The Hall–Kier alpha value is -2.86. The van der Waals surface area contributed by atoms with Crippen LogP contribution in [0.15, 0.2) is 71.2 Å². The first kappa shape index (κ1) is 19.5. The zero-order valence-electron chi connectivity index (χ0n) is 15.9. The third-order valence-corrected chi connectivity index (χ3v) is 5.24. The molecule has 3 aromatic carbocycles. The van der Waals surface area contributed by atoms with Crippen LogP contribution in [0, 0.1) is 5.82 Å². The zero-order chi connectivity index (χ0) is 20.4. The Labute approximate surface area is 177 Å². The molecule has 1 amide bonds. The minimum atomic E-state index is -0.536. The summed E-state index contributed by atoms with van der Waals surface area (Å²) in [7, 11) is 0. The number of ether oxygens (including phenoxy) is 1. The van der Waals surface area contributed by atoms with Gasteiger partial charge in [-0.15, -0.1) is 0 Å². The van der Waals surface area contributed by atoms with E-state index in [1.165, 1.54) is 12.1 Å². The zero-order valence-corrected chi connectivity index (χ0v) is 17.4. The molecule has 1 aliphatic heterocycles. The largest absolute Gasteiger partial charge is 0.493 e. The molecular weight excluding hydrogens is 435 g/mol. The van der Waals surface area contributed by atoms with Crippen LogP contribution < -0.4 is 15.0 Å². The molecule has 0 unspecified atom stereocenters. The van der Waals surface area contributed by atoms with E-state index in [1.54, 1.807) is 23.1 Å². The second kappa shape index (κ2) is 8.25. The van der Waals surface area contributed by atoms with Crippen LogP contribution in [0.25, 0.3) is 0 Å². The third kappa shape index (κ3) is 3.85. The maximum absolute atomic E-state index is 14.0. The number of fused-ring (bicyclic) bond motifs is 1. The molecule has 6 heteroatoms. The van der Waals surface area contributed by atoms with Crippen LogP contribution in [-0.2, 0) is 0 Å². The van der Waals surface area contributed by atoms with Crippen LogP contribution in [0.5, 0.6) is 5.75 Å². The first-order valence-corrected chi connectivity index (χ1v) is 10.2. The van der Waals surface area contributed by atoms with Gasteiger partial charge in [-0.2, -0.15) is 0 Å². The van der Waals surface area contributed by atoms with Crippen LogP contribution in [0.4, 0.5) is 15.8 Å². The van der Waals surface area contributed by atoms with Crippen molar-refractivity contribution in [1.29, 1.82) is 0 Å². The third-order valence-electron chi connectivity index (χ3n) is 4.74. The summed E-state index contributed by atoms with van der Waals surface area (Å²) >= 11 is 3.43. The Morgan fingerprint density at radius 1 is 1.10 bits per heavy atom. The molecule has 0 radical (unpaired) electrons. The van der Waals surface area contributed by atoms with Crippen molar-refractivity contribution in [2.45, 2.75) is 19.5 Å². The normalized spacial score (nSPS) is 15.6. The van der Waals surface area contributed by atoms with Gasteiger partial charge in [0.2, 0.25) is 0 Å². The number of nitrogens with one attached hydrogen (secondary N) is 1. The van der Waals surface area contributed by atoms with Gasteiger partial charge in [-0.05, 0) is 48.9 Å². The summed E-state index contributed by atoms with van der Waals surface area (Å²) in [5.74, 6) is 0.0900. The molecule has 1 heterocycles. The summed E-state index contributed by atoms with van der Waals surface area (Å²) in [5, 5.41) is 3.44. The summed E-state index contributed by atoms with van der Waals surface area (Å²) in [4.78, 5) is 15.1. The number of amides is 1. The maximum atomic E-state index is 14.0. The van der Waals surface area contributed by atoms with Crippen molar-refractivity contribution in [3.8, 4) is 5.75 Å². The molecule has 0 saturated heterocycles. The van der Waals surface area contributed by atoms with Gasteiger partial charge in [0.1, 0.15) is 17.7 Å². The van der Waals surface area contributed by atoms with Gasteiger partial charge < -0.3 is 10.1 Å². The monoisotopic (exact) mass is 454 g/mol. The smallest absolute Gasteiger partial charge is 0.262 e. The van der Waals surface area contributed by atoms with E-state index < -0.39 is 12.0 Å². The highest BCUT2D eigenvalue weighted by molar-refractivity contribution is 9.10. The van der Waals surface area contributed by atoms with Crippen LogP contribution in [0.3, 0.4) is 0 Å². The Morgan fingerprint density at radius 2 is 1.93 bits per heavy atom. The molecule has 0 spiro atoms. The SMILES string of the molecule is CCCOc1ccccc1[C@@H]1Nc2ccc(Br)cc2C(=O)N1c1cccc(F)c1. The molecule has 3 aromatic rings. The maximum Gasteiger partial charge on any atom is 0.262 e. The van der Waals surface area contributed by atoms with Crippen molar-refractivity contribution in [2.24, 2.45) is 0 Å². The van der Waals surface area contributed by atoms with E-state index in [0.717, 1.165) is 22.1 Å². The fourth-order valence-corrected chi connectivity index (χ4v) is 3.80. The number of carbonyl (C=O) groups is 1. The summed E-state index contributed by atoms with van der Waals surface area (Å²) in [6.07, 6.45) is 0.335. The molecule has 4 rings (SSSR count). The topological polar surface area (TPSA) is 41.6 Å². The number of para-hydroxylation sites is 1. The van der Waals surface area contributed by atoms with Gasteiger partial charge in [0.15, 0.2) is 0 Å². The van der Waals surface area contributed by atoms with Crippen LogP contribution in [0.2, 0.25) is 0 Å². The van der Waals surface area contributed by atoms with Gasteiger partial charge in [-0.25, -0.2) is 4.39 Å². The molecule has 148 valence electrons. The van der Waals surface area contributed by atoms with Crippen molar-refractivity contribution in [3.63, 3.8) is 0 Å². The lowest BCUT2D eigenvalue weighted by atomic mass is 10.0. The van der Waals surface area contributed by atoms with E-state index in [-0.39, 0.29) is 5.91 Å². The van der Waals surface area contributed by atoms with Gasteiger partial charge in [0.25, 0.3) is 5.91 Å². The minimum Gasteiger partial charge on any atom is -0.493 e. The molecular formula is C23H20BrFN2O2. The highest BCUT2D eigenvalue weighted by Gasteiger charge is 2.35. The van der Waals surface area contributed by atoms with E-state index in [4.69, 9.17) is 4.74 Å².